The van der Waals surface area contributed by atoms with E-state index in [1.807, 2.05) is 0 Å². The summed E-state index contributed by atoms with van der Waals surface area (Å²) < 4.78 is 2.47. The van der Waals surface area contributed by atoms with Crippen molar-refractivity contribution in [3.63, 3.8) is 0 Å². The summed E-state index contributed by atoms with van der Waals surface area (Å²) in [5.41, 5.74) is 4.93. The lowest BCUT2D eigenvalue weighted by atomic mass is 10.1. The molecule has 0 saturated heterocycles. The van der Waals surface area contributed by atoms with Crippen molar-refractivity contribution < 1.29 is 0 Å². The lowest BCUT2D eigenvalue weighted by Gasteiger charge is -2.17. The second-order valence-electron chi connectivity index (χ2n) is 7.67. The highest BCUT2D eigenvalue weighted by atomic mass is 15.1. The predicted molar refractivity (Wildman–Crippen MR) is 121 cm³/mol. The van der Waals surface area contributed by atoms with Gasteiger partial charge < -0.3 is 14.8 Å². The first-order valence-electron chi connectivity index (χ1n) is 11.0. The zero-order valence-electron chi connectivity index (χ0n) is 18.1. The van der Waals surface area contributed by atoms with Crippen molar-refractivity contribution in [3.05, 3.63) is 41.7 Å². The molecule has 3 aromatic rings. The van der Waals surface area contributed by atoms with Gasteiger partial charge >= 0.3 is 0 Å². The van der Waals surface area contributed by atoms with E-state index in [0.717, 1.165) is 50.7 Å². The Kier molecular flexibility index (Phi) is 7.46. The van der Waals surface area contributed by atoms with Crippen molar-refractivity contribution in [2.45, 2.75) is 60.0 Å². The van der Waals surface area contributed by atoms with Gasteiger partial charge in [0.1, 0.15) is 0 Å². The van der Waals surface area contributed by atoms with Gasteiger partial charge in [0.15, 0.2) is 0 Å². The average molecular weight is 381 g/mol. The fourth-order valence-electron chi connectivity index (χ4n) is 4.16. The van der Waals surface area contributed by atoms with Crippen molar-refractivity contribution in [2.24, 2.45) is 0 Å². The molecule has 0 aliphatic heterocycles. The zero-order chi connectivity index (χ0) is 19.9. The van der Waals surface area contributed by atoms with Gasteiger partial charge in [-0.25, -0.2) is 0 Å². The molecule has 28 heavy (non-hydrogen) atoms. The maximum Gasteiger partial charge on any atom is 0.0707 e. The Morgan fingerprint density at radius 2 is 1.82 bits per heavy atom. The van der Waals surface area contributed by atoms with Crippen LogP contribution in [0.15, 0.2) is 30.3 Å². The van der Waals surface area contributed by atoms with Crippen LogP contribution in [0.25, 0.3) is 21.8 Å². The third-order valence-corrected chi connectivity index (χ3v) is 5.74. The largest absolute Gasteiger partial charge is 0.339 e. The quantitative estimate of drug-likeness (QED) is 0.469. The third-order valence-electron chi connectivity index (χ3n) is 5.74. The van der Waals surface area contributed by atoms with Crippen LogP contribution in [0.3, 0.4) is 0 Å². The number of rotatable bonds is 11. The fourth-order valence-corrected chi connectivity index (χ4v) is 4.16. The van der Waals surface area contributed by atoms with Gasteiger partial charge in [0.25, 0.3) is 0 Å². The standard InChI is InChI=1S/C24H36N4/c1-5-8-16-28-23-13-10-9-12-21(23)22-17-20(26-19(4)24(22)28)18-25-14-11-15-27(6-2)7-3/h9-10,12-13,17,25H,5-8,11,14-16,18H2,1-4H3. The number of benzene rings is 1. The van der Waals surface area contributed by atoms with Gasteiger partial charge in [0, 0.05) is 29.4 Å². The first-order chi connectivity index (χ1) is 13.7. The molecule has 4 heteroatoms. The molecule has 0 fully saturated rings. The molecule has 0 aliphatic carbocycles. The second-order valence-corrected chi connectivity index (χ2v) is 7.67. The molecule has 0 atom stereocenters. The van der Waals surface area contributed by atoms with E-state index in [2.05, 4.69) is 72.8 Å². The Balaban J connectivity index is 1.78. The Labute approximate surface area is 169 Å². The Morgan fingerprint density at radius 3 is 2.57 bits per heavy atom. The van der Waals surface area contributed by atoms with Gasteiger partial charge in [-0.1, -0.05) is 45.4 Å². The minimum absolute atomic E-state index is 0.837. The summed E-state index contributed by atoms with van der Waals surface area (Å²) in [6.07, 6.45) is 3.58. The van der Waals surface area contributed by atoms with Crippen molar-refractivity contribution in [2.75, 3.05) is 26.2 Å². The lowest BCUT2D eigenvalue weighted by molar-refractivity contribution is 0.298. The number of aromatic nitrogens is 2. The molecule has 0 bridgehead atoms. The van der Waals surface area contributed by atoms with Crippen molar-refractivity contribution >= 4 is 21.8 Å². The number of nitrogens with one attached hydrogen (secondary N) is 1. The highest BCUT2D eigenvalue weighted by molar-refractivity contribution is 6.08. The second kappa shape index (κ2) is 10.0. The van der Waals surface area contributed by atoms with E-state index in [1.165, 1.54) is 41.1 Å². The summed E-state index contributed by atoms with van der Waals surface area (Å²) >= 11 is 0. The predicted octanol–water partition coefficient (Wildman–Crippen LogP) is 5.12. The number of fused-ring (bicyclic) bond motifs is 3. The highest BCUT2D eigenvalue weighted by Crippen LogP contribution is 2.31. The molecule has 3 rings (SSSR count). The van der Waals surface area contributed by atoms with Crippen LogP contribution < -0.4 is 5.32 Å². The molecule has 2 heterocycles. The van der Waals surface area contributed by atoms with Gasteiger partial charge in [-0.05, 0) is 58.1 Å². The van der Waals surface area contributed by atoms with E-state index in [-0.39, 0.29) is 0 Å². The molecule has 152 valence electrons. The summed E-state index contributed by atoms with van der Waals surface area (Å²) in [5, 5.41) is 6.29. The fraction of sp³-hybridized carbons (Fsp3) is 0.542. The van der Waals surface area contributed by atoms with E-state index in [4.69, 9.17) is 4.98 Å². The van der Waals surface area contributed by atoms with Gasteiger partial charge in [-0.3, -0.25) is 4.98 Å². The van der Waals surface area contributed by atoms with Crippen molar-refractivity contribution in [1.29, 1.82) is 0 Å². The van der Waals surface area contributed by atoms with Gasteiger partial charge in [-0.2, -0.15) is 0 Å². The molecular weight excluding hydrogens is 344 g/mol. The summed E-state index contributed by atoms with van der Waals surface area (Å²) in [7, 11) is 0. The number of hydrogen-bond donors (Lipinski definition) is 1. The van der Waals surface area contributed by atoms with Crippen LogP contribution in [0.2, 0.25) is 0 Å². The number of aryl methyl sites for hydroxylation is 2. The lowest BCUT2D eigenvalue weighted by Crippen LogP contribution is -2.27. The smallest absolute Gasteiger partial charge is 0.0707 e. The molecule has 1 aromatic carbocycles. The maximum atomic E-state index is 4.94. The van der Waals surface area contributed by atoms with Crippen molar-refractivity contribution in [3.8, 4) is 0 Å². The van der Waals surface area contributed by atoms with Crippen LogP contribution in [-0.2, 0) is 13.1 Å². The van der Waals surface area contributed by atoms with Crippen LogP contribution >= 0.6 is 0 Å². The molecule has 0 saturated carbocycles. The molecule has 4 nitrogen and oxygen atoms in total. The highest BCUT2D eigenvalue weighted by Gasteiger charge is 2.14. The Bertz CT molecular complexity index is 892. The molecule has 1 N–H and O–H groups in total. The third kappa shape index (κ3) is 4.56. The molecule has 0 spiro atoms. The van der Waals surface area contributed by atoms with Gasteiger partial charge in [-0.15, -0.1) is 0 Å². The number of pyridine rings is 1. The maximum absolute atomic E-state index is 4.94. The molecule has 0 radical (unpaired) electrons. The molecule has 0 aliphatic rings. The number of hydrogen-bond acceptors (Lipinski definition) is 3. The molecular formula is C24H36N4. The minimum Gasteiger partial charge on any atom is -0.339 e. The molecule has 2 aromatic heterocycles. The first kappa shape index (κ1) is 20.8. The minimum atomic E-state index is 0.837. The average Bonchev–Trinajstić information content (AvgIpc) is 3.03. The summed E-state index contributed by atoms with van der Waals surface area (Å²) in [6, 6.07) is 11.1. The number of unbranched alkanes of at least 4 members (excludes halogenated alkanes) is 1. The van der Waals surface area contributed by atoms with Gasteiger partial charge in [0.05, 0.1) is 16.9 Å². The first-order valence-corrected chi connectivity index (χ1v) is 11.0. The van der Waals surface area contributed by atoms with Gasteiger partial charge in [0.2, 0.25) is 0 Å². The topological polar surface area (TPSA) is 33.1 Å². The molecule has 0 unspecified atom stereocenters. The van der Waals surface area contributed by atoms with E-state index < -0.39 is 0 Å². The summed E-state index contributed by atoms with van der Waals surface area (Å²) in [4.78, 5) is 7.41. The summed E-state index contributed by atoms with van der Waals surface area (Å²) in [5.74, 6) is 0. The monoisotopic (exact) mass is 380 g/mol. The normalized spacial score (nSPS) is 11.9. The summed E-state index contributed by atoms with van der Waals surface area (Å²) in [6.45, 7) is 15.2. The zero-order valence-corrected chi connectivity index (χ0v) is 18.1. The molecule has 0 amide bonds. The van der Waals surface area contributed by atoms with E-state index in [0.29, 0.717) is 0 Å². The van der Waals surface area contributed by atoms with Crippen LogP contribution in [-0.4, -0.2) is 40.6 Å². The van der Waals surface area contributed by atoms with Crippen molar-refractivity contribution in [1.82, 2.24) is 19.8 Å². The van der Waals surface area contributed by atoms with Crippen LogP contribution in [0.5, 0.6) is 0 Å². The SMILES string of the molecule is CCCCn1c2ccccc2c2cc(CNCCCN(CC)CC)nc(C)c21. The number of para-hydroxylation sites is 1. The van der Waals surface area contributed by atoms with E-state index in [1.54, 1.807) is 0 Å². The van der Waals surface area contributed by atoms with E-state index >= 15 is 0 Å². The Hall–Kier alpha value is -1.91. The Morgan fingerprint density at radius 1 is 1.04 bits per heavy atom. The van der Waals surface area contributed by atoms with Crippen LogP contribution in [0.4, 0.5) is 0 Å². The number of nitrogens with zero attached hydrogens (tertiary/aromatic N) is 3. The van der Waals surface area contributed by atoms with E-state index in [9.17, 15) is 0 Å². The van der Waals surface area contributed by atoms with Crippen LogP contribution in [0.1, 0.15) is 51.4 Å². The van der Waals surface area contributed by atoms with Crippen LogP contribution in [0, 0.1) is 6.92 Å².